The summed E-state index contributed by atoms with van der Waals surface area (Å²) in [4.78, 5) is 8.33. The highest BCUT2D eigenvalue weighted by Crippen LogP contribution is 2.15. The van der Waals surface area contributed by atoms with Crippen LogP contribution in [0.4, 0.5) is 0 Å². The highest BCUT2D eigenvalue weighted by molar-refractivity contribution is 5.22. The maximum atomic E-state index is 6.13. The number of nitrogens with zero attached hydrogens (tertiary/aromatic N) is 2. The van der Waals surface area contributed by atoms with Crippen LogP contribution in [0, 0.1) is 6.92 Å². The molecule has 1 atom stereocenters. The molecule has 0 saturated heterocycles. The maximum absolute atomic E-state index is 6.13. The molecule has 0 radical (unpaired) electrons. The third kappa shape index (κ3) is 2.44. The van der Waals surface area contributed by atoms with Crippen molar-refractivity contribution >= 4 is 0 Å². The largest absolute Gasteiger partial charge is 0.324 e. The van der Waals surface area contributed by atoms with Gasteiger partial charge in [0.25, 0.3) is 0 Å². The molecule has 0 amide bonds. The van der Waals surface area contributed by atoms with Crippen LogP contribution in [0.15, 0.2) is 42.9 Å². The lowest BCUT2D eigenvalue weighted by molar-refractivity contribution is 0.701. The second-order valence-corrected chi connectivity index (χ2v) is 3.86. The molecule has 0 spiro atoms. The van der Waals surface area contributed by atoms with Gasteiger partial charge in [-0.25, -0.2) is 0 Å². The van der Waals surface area contributed by atoms with E-state index in [2.05, 4.69) is 23.0 Å². The Labute approximate surface area is 95.4 Å². The van der Waals surface area contributed by atoms with E-state index >= 15 is 0 Å². The molecular weight excluding hydrogens is 198 g/mol. The Bertz CT molecular complexity index is 454. The summed E-state index contributed by atoms with van der Waals surface area (Å²) in [5, 5.41) is 0. The van der Waals surface area contributed by atoms with Crippen molar-refractivity contribution in [1.82, 2.24) is 9.97 Å². The predicted octanol–water partition coefficient (Wildman–Crippen LogP) is 2.03. The lowest BCUT2D eigenvalue weighted by atomic mass is 10.0. The van der Waals surface area contributed by atoms with E-state index in [-0.39, 0.29) is 6.04 Å². The van der Waals surface area contributed by atoms with Crippen LogP contribution in [0.1, 0.15) is 22.9 Å². The zero-order valence-electron chi connectivity index (χ0n) is 9.30. The summed E-state index contributed by atoms with van der Waals surface area (Å²) >= 11 is 0. The van der Waals surface area contributed by atoms with Crippen molar-refractivity contribution in [3.63, 3.8) is 0 Å². The molecule has 0 aromatic carbocycles. The van der Waals surface area contributed by atoms with Gasteiger partial charge in [-0.3, -0.25) is 9.97 Å². The van der Waals surface area contributed by atoms with Gasteiger partial charge in [0.2, 0.25) is 0 Å². The quantitative estimate of drug-likeness (QED) is 0.848. The zero-order chi connectivity index (χ0) is 11.4. The van der Waals surface area contributed by atoms with E-state index in [4.69, 9.17) is 5.73 Å². The molecule has 0 aliphatic carbocycles. The normalized spacial score (nSPS) is 12.4. The van der Waals surface area contributed by atoms with E-state index in [1.54, 1.807) is 12.4 Å². The van der Waals surface area contributed by atoms with Gasteiger partial charge in [-0.15, -0.1) is 0 Å². The Hall–Kier alpha value is -1.74. The predicted molar refractivity (Wildman–Crippen MR) is 63.8 cm³/mol. The first-order valence-electron chi connectivity index (χ1n) is 5.33. The Kier molecular flexibility index (Phi) is 3.27. The highest BCUT2D eigenvalue weighted by Gasteiger charge is 2.08. The third-order valence-corrected chi connectivity index (χ3v) is 2.67. The molecule has 2 N–H and O–H groups in total. The van der Waals surface area contributed by atoms with Crippen molar-refractivity contribution < 1.29 is 0 Å². The number of pyridine rings is 2. The molecule has 3 nitrogen and oxygen atoms in total. The molecule has 0 bridgehead atoms. The minimum atomic E-state index is -0.0170. The Morgan fingerprint density at radius 2 is 1.94 bits per heavy atom. The van der Waals surface area contributed by atoms with E-state index < -0.39 is 0 Å². The summed E-state index contributed by atoms with van der Waals surface area (Å²) in [7, 11) is 0. The molecule has 1 unspecified atom stereocenters. The molecule has 0 saturated carbocycles. The van der Waals surface area contributed by atoms with Gasteiger partial charge in [-0.05, 0) is 36.2 Å². The summed E-state index contributed by atoms with van der Waals surface area (Å²) in [5.74, 6) is 0. The van der Waals surface area contributed by atoms with Gasteiger partial charge in [0, 0.05) is 36.7 Å². The number of nitrogens with two attached hydrogens (primary N) is 1. The van der Waals surface area contributed by atoms with Crippen LogP contribution in [0.5, 0.6) is 0 Å². The van der Waals surface area contributed by atoms with Crippen LogP contribution in [0.2, 0.25) is 0 Å². The van der Waals surface area contributed by atoms with Crippen molar-refractivity contribution in [2.75, 3.05) is 0 Å². The summed E-state index contributed by atoms with van der Waals surface area (Å²) in [6.45, 7) is 2.06. The lowest BCUT2D eigenvalue weighted by Crippen LogP contribution is -2.14. The molecule has 3 heteroatoms. The molecule has 2 heterocycles. The van der Waals surface area contributed by atoms with Gasteiger partial charge in [-0.2, -0.15) is 0 Å². The molecule has 16 heavy (non-hydrogen) atoms. The monoisotopic (exact) mass is 213 g/mol. The third-order valence-electron chi connectivity index (χ3n) is 2.67. The fourth-order valence-corrected chi connectivity index (χ4v) is 1.67. The summed E-state index contributed by atoms with van der Waals surface area (Å²) in [6, 6.07) is 7.88. The Morgan fingerprint density at radius 3 is 2.62 bits per heavy atom. The molecule has 2 rings (SSSR count). The number of aryl methyl sites for hydroxylation is 1. The van der Waals surface area contributed by atoms with Crippen LogP contribution < -0.4 is 5.73 Å². The fraction of sp³-hybridized carbons (Fsp3) is 0.231. The fourth-order valence-electron chi connectivity index (χ4n) is 1.67. The van der Waals surface area contributed by atoms with Gasteiger partial charge >= 0.3 is 0 Å². The molecule has 0 aliphatic heterocycles. The van der Waals surface area contributed by atoms with E-state index in [0.29, 0.717) is 0 Å². The van der Waals surface area contributed by atoms with Crippen LogP contribution in [-0.4, -0.2) is 9.97 Å². The minimum absolute atomic E-state index is 0.0170. The number of rotatable bonds is 3. The van der Waals surface area contributed by atoms with Crippen LogP contribution in [-0.2, 0) is 6.42 Å². The molecule has 2 aromatic rings. The van der Waals surface area contributed by atoms with Crippen LogP contribution >= 0.6 is 0 Å². The first-order chi connectivity index (χ1) is 7.77. The number of hydrogen-bond donors (Lipinski definition) is 1. The minimum Gasteiger partial charge on any atom is -0.324 e. The van der Waals surface area contributed by atoms with Crippen molar-refractivity contribution in [3.05, 3.63) is 59.7 Å². The SMILES string of the molecule is Cc1cccnc1CC(N)c1ccncc1. The number of aromatic nitrogens is 2. The maximum Gasteiger partial charge on any atom is 0.0451 e. The number of hydrogen-bond acceptors (Lipinski definition) is 3. The average molecular weight is 213 g/mol. The van der Waals surface area contributed by atoms with E-state index in [1.165, 1.54) is 5.56 Å². The molecule has 82 valence electrons. The lowest BCUT2D eigenvalue weighted by Gasteiger charge is -2.12. The van der Waals surface area contributed by atoms with Crippen LogP contribution in [0.25, 0.3) is 0 Å². The van der Waals surface area contributed by atoms with Crippen molar-refractivity contribution in [2.45, 2.75) is 19.4 Å². The second-order valence-electron chi connectivity index (χ2n) is 3.86. The first kappa shape index (κ1) is 10.8. The van der Waals surface area contributed by atoms with Crippen molar-refractivity contribution in [2.24, 2.45) is 5.73 Å². The average Bonchev–Trinajstić information content (AvgIpc) is 2.33. The van der Waals surface area contributed by atoms with Gasteiger partial charge in [0.1, 0.15) is 0 Å². The van der Waals surface area contributed by atoms with Gasteiger partial charge in [0.05, 0.1) is 0 Å². The molecular formula is C13H15N3. The van der Waals surface area contributed by atoms with E-state index in [0.717, 1.165) is 17.7 Å². The van der Waals surface area contributed by atoms with E-state index in [1.807, 2.05) is 24.4 Å². The molecule has 2 aromatic heterocycles. The smallest absolute Gasteiger partial charge is 0.0451 e. The molecule has 0 aliphatic rings. The van der Waals surface area contributed by atoms with Gasteiger partial charge < -0.3 is 5.73 Å². The first-order valence-corrected chi connectivity index (χ1v) is 5.33. The van der Waals surface area contributed by atoms with Crippen molar-refractivity contribution in [1.29, 1.82) is 0 Å². The summed E-state index contributed by atoms with van der Waals surface area (Å²) in [6.07, 6.45) is 6.10. The van der Waals surface area contributed by atoms with Crippen molar-refractivity contribution in [3.8, 4) is 0 Å². The zero-order valence-corrected chi connectivity index (χ0v) is 9.30. The van der Waals surface area contributed by atoms with Crippen LogP contribution in [0.3, 0.4) is 0 Å². The highest BCUT2D eigenvalue weighted by atomic mass is 14.7. The van der Waals surface area contributed by atoms with Gasteiger partial charge in [0.15, 0.2) is 0 Å². The summed E-state index contributed by atoms with van der Waals surface area (Å²) in [5.41, 5.74) is 9.47. The Balaban J connectivity index is 2.14. The molecule has 0 fully saturated rings. The second kappa shape index (κ2) is 4.86. The topological polar surface area (TPSA) is 51.8 Å². The van der Waals surface area contributed by atoms with E-state index in [9.17, 15) is 0 Å². The summed E-state index contributed by atoms with van der Waals surface area (Å²) < 4.78 is 0. The standard InChI is InChI=1S/C13H15N3/c1-10-3-2-6-16-13(10)9-12(14)11-4-7-15-8-5-11/h2-8,12H,9,14H2,1H3. The Morgan fingerprint density at radius 1 is 1.19 bits per heavy atom. The van der Waals surface area contributed by atoms with Gasteiger partial charge in [-0.1, -0.05) is 6.07 Å².